The van der Waals surface area contributed by atoms with E-state index >= 15 is 0 Å². The molecule has 0 unspecified atom stereocenters. The Balaban J connectivity index is 0.00000529. The fourth-order valence-corrected chi connectivity index (χ4v) is 1.98. The molecule has 7 heteroatoms. The summed E-state index contributed by atoms with van der Waals surface area (Å²) in [6.07, 6.45) is 7.15. The number of unbranched alkanes of at least 4 members (excludes halogenated alkanes) is 1. The Kier molecular flexibility index (Phi) is 12.8. The highest BCUT2D eigenvalue weighted by Gasteiger charge is 2.06. The number of hydrogen-bond acceptors (Lipinski definition) is 3. The Labute approximate surface area is 161 Å². The van der Waals surface area contributed by atoms with Crippen molar-refractivity contribution in [2.75, 3.05) is 33.2 Å². The third-order valence-corrected chi connectivity index (χ3v) is 3.18. The number of aromatic nitrogens is 1. The van der Waals surface area contributed by atoms with Gasteiger partial charge in [-0.3, -0.25) is 14.8 Å². The third kappa shape index (κ3) is 8.85. The number of hydrogen-bond donors (Lipinski definition) is 2. The Hall–Kier alpha value is -1.64. The molecule has 1 heterocycles. The lowest BCUT2D eigenvalue weighted by molar-refractivity contribution is 0.0954. The average Bonchev–Trinajstić information content (AvgIpc) is 2.58. The molecule has 0 aliphatic carbocycles. The van der Waals surface area contributed by atoms with Crippen molar-refractivity contribution in [2.24, 2.45) is 4.99 Å². The highest BCUT2D eigenvalue weighted by Crippen LogP contribution is 1.96. The summed E-state index contributed by atoms with van der Waals surface area (Å²) in [5.41, 5.74) is 0.560. The van der Waals surface area contributed by atoms with E-state index in [1.54, 1.807) is 24.5 Å². The van der Waals surface area contributed by atoms with E-state index in [-0.39, 0.29) is 29.9 Å². The summed E-state index contributed by atoms with van der Waals surface area (Å²) in [6.45, 7) is 8.52. The van der Waals surface area contributed by atoms with Crippen molar-refractivity contribution in [2.45, 2.75) is 19.8 Å². The summed E-state index contributed by atoms with van der Waals surface area (Å²) >= 11 is 0. The van der Waals surface area contributed by atoms with Crippen molar-refractivity contribution in [3.63, 3.8) is 0 Å². The quantitative estimate of drug-likeness (QED) is 0.201. The van der Waals surface area contributed by atoms with Crippen LogP contribution in [-0.4, -0.2) is 55.0 Å². The van der Waals surface area contributed by atoms with Crippen molar-refractivity contribution in [1.82, 2.24) is 20.5 Å². The van der Waals surface area contributed by atoms with E-state index in [0.29, 0.717) is 18.7 Å². The molecular weight excluding hydrogens is 417 g/mol. The summed E-state index contributed by atoms with van der Waals surface area (Å²) in [5.74, 6) is 0.727. The van der Waals surface area contributed by atoms with Crippen molar-refractivity contribution >= 4 is 35.8 Å². The molecule has 0 radical (unpaired) electrons. The molecule has 1 aromatic heterocycles. The Morgan fingerprint density at radius 3 is 2.88 bits per heavy atom. The maximum Gasteiger partial charge on any atom is 0.252 e. The minimum atomic E-state index is -0.127. The number of rotatable bonds is 9. The Bertz CT molecular complexity index is 507. The van der Waals surface area contributed by atoms with E-state index in [1.165, 1.54) is 0 Å². The lowest BCUT2D eigenvalue weighted by Crippen LogP contribution is -2.40. The Morgan fingerprint density at radius 1 is 1.46 bits per heavy atom. The molecule has 0 aliphatic heterocycles. The SMILES string of the molecule is C=CCCCN(C)C(=NCCNC(=O)c1cccnc1)NCC.I. The van der Waals surface area contributed by atoms with Crippen LogP contribution in [0.4, 0.5) is 0 Å². The van der Waals surface area contributed by atoms with Crippen LogP contribution in [0.2, 0.25) is 0 Å². The van der Waals surface area contributed by atoms with E-state index in [1.807, 2.05) is 20.0 Å². The van der Waals surface area contributed by atoms with Crippen LogP contribution in [0.25, 0.3) is 0 Å². The molecule has 0 aliphatic rings. The standard InChI is InChI=1S/C17H27N5O.HI/c1-4-6-7-13-22(3)17(19-5-2)21-12-11-20-16(23)15-9-8-10-18-14-15;/h4,8-10,14H,1,5-7,11-13H2,2-3H3,(H,19,21)(H,20,23);1H. The molecule has 0 saturated carbocycles. The molecular formula is C17H28IN5O. The van der Waals surface area contributed by atoms with Gasteiger partial charge in [-0.2, -0.15) is 0 Å². The van der Waals surface area contributed by atoms with E-state index < -0.39 is 0 Å². The molecule has 1 rings (SSSR count). The van der Waals surface area contributed by atoms with Crippen LogP contribution in [0.1, 0.15) is 30.1 Å². The lowest BCUT2D eigenvalue weighted by Gasteiger charge is -2.21. The van der Waals surface area contributed by atoms with Gasteiger partial charge in [0.2, 0.25) is 0 Å². The van der Waals surface area contributed by atoms with Gasteiger partial charge in [0.15, 0.2) is 5.96 Å². The molecule has 0 spiro atoms. The van der Waals surface area contributed by atoms with E-state index in [0.717, 1.165) is 31.9 Å². The summed E-state index contributed by atoms with van der Waals surface area (Å²) in [7, 11) is 2.01. The van der Waals surface area contributed by atoms with Gasteiger partial charge in [0.05, 0.1) is 12.1 Å². The third-order valence-electron chi connectivity index (χ3n) is 3.18. The van der Waals surface area contributed by atoms with Gasteiger partial charge < -0.3 is 15.5 Å². The first-order valence-corrected chi connectivity index (χ1v) is 7.97. The minimum absolute atomic E-state index is 0. The molecule has 0 fully saturated rings. The summed E-state index contributed by atoms with van der Waals surface area (Å²) < 4.78 is 0. The van der Waals surface area contributed by atoms with E-state index in [2.05, 4.69) is 32.1 Å². The largest absolute Gasteiger partial charge is 0.357 e. The number of pyridine rings is 1. The van der Waals surface area contributed by atoms with Gasteiger partial charge in [0, 0.05) is 39.1 Å². The zero-order valence-corrected chi connectivity index (χ0v) is 16.8. The van der Waals surface area contributed by atoms with Crippen molar-refractivity contribution in [3.8, 4) is 0 Å². The first-order chi connectivity index (χ1) is 11.2. The minimum Gasteiger partial charge on any atom is -0.357 e. The maximum absolute atomic E-state index is 11.9. The fraction of sp³-hybridized carbons (Fsp3) is 0.471. The van der Waals surface area contributed by atoms with Gasteiger partial charge in [0.25, 0.3) is 5.91 Å². The van der Waals surface area contributed by atoms with Crippen molar-refractivity contribution in [1.29, 1.82) is 0 Å². The number of aliphatic imine (C=N–C) groups is 1. The van der Waals surface area contributed by atoms with Crippen LogP contribution in [0, 0.1) is 0 Å². The number of nitrogens with one attached hydrogen (secondary N) is 2. The molecule has 0 bridgehead atoms. The van der Waals surface area contributed by atoms with E-state index in [4.69, 9.17) is 0 Å². The van der Waals surface area contributed by atoms with E-state index in [9.17, 15) is 4.79 Å². The molecule has 1 amide bonds. The van der Waals surface area contributed by atoms with Crippen LogP contribution in [0.5, 0.6) is 0 Å². The molecule has 2 N–H and O–H groups in total. The average molecular weight is 445 g/mol. The molecule has 0 saturated heterocycles. The van der Waals surface area contributed by atoms with Crippen LogP contribution >= 0.6 is 24.0 Å². The number of carbonyl (C=O) groups is 1. The molecule has 0 aromatic carbocycles. The molecule has 24 heavy (non-hydrogen) atoms. The smallest absolute Gasteiger partial charge is 0.252 e. The molecule has 1 aromatic rings. The highest BCUT2D eigenvalue weighted by atomic mass is 127. The summed E-state index contributed by atoms with van der Waals surface area (Å²) in [5, 5.41) is 6.10. The van der Waals surface area contributed by atoms with Gasteiger partial charge in [-0.05, 0) is 31.9 Å². The fourth-order valence-electron chi connectivity index (χ4n) is 1.98. The van der Waals surface area contributed by atoms with Gasteiger partial charge in [0.1, 0.15) is 0 Å². The highest BCUT2D eigenvalue weighted by molar-refractivity contribution is 14.0. The van der Waals surface area contributed by atoms with Gasteiger partial charge in [-0.15, -0.1) is 30.6 Å². The Morgan fingerprint density at radius 2 is 2.25 bits per heavy atom. The first kappa shape index (κ1) is 22.4. The number of amides is 1. The van der Waals surface area contributed by atoms with Crippen molar-refractivity contribution < 1.29 is 4.79 Å². The second kappa shape index (κ2) is 13.8. The summed E-state index contributed by atoms with van der Waals surface area (Å²) in [6, 6.07) is 3.48. The monoisotopic (exact) mass is 445 g/mol. The number of guanidine groups is 1. The molecule has 0 atom stereocenters. The van der Waals surface area contributed by atoms with Gasteiger partial charge >= 0.3 is 0 Å². The van der Waals surface area contributed by atoms with Crippen LogP contribution in [0.3, 0.4) is 0 Å². The maximum atomic E-state index is 11.9. The van der Waals surface area contributed by atoms with Gasteiger partial charge in [-0.1, -0.05) is 6.08 Å². The second-order valence-corrected chi connectivity index (χ2v) is 5.09. The van der Waals surface area contributed by atoms with Crippen LogP contribution in [-0.2, 0) is 0 Å². The van der Waals surface area contributed by atoms with Gasteiger partial charge in [-0.25, -0.2) is 0 Å². The zero-order chi connectivity index (χ0) is 16.9. The number of halogens is 1. The summed E-state index contributed by atoms with van der Waals surface area (Å²) in [4.78, 5) is 22.4. The zero-order valence-electron chi connectivity index (χ0n) is 14.5. The second-order valence-electron chi connectivity index (χ2n) is 5.09. The number of allylic oxidation sites excluding steroid dienone is 1. The topological polar surface area (TPSA) is 69.6 Å². The van der Waals surface area contributed by atoms with Crippen LogP contribution in [0.15, 0.2) is 42.2 Å². The normalized spacial score (nSPS) is 10.5. The van der Waals surface area contributed by atoms with Crippen LogP contribution < -0.4 is 10.6 Å². The van der Waals surface area contributed by atoms with Crippen molar-refractivity contribution in [3.05, 3.63) is 42.7 Å². The molecule has 134 valence electrons. The number of carbonyl (C=O) groups excluding carboxylic acids is 1. The lowest BCUT2D eigenvalue weighted by atomic mass is 10.3. The number of nitrogens with zero attached hydrogens (tertiary/aromatic N) is 3. The predicted molar refractivity (Wildman–Crippen MR) is 110 cm³/mol. The first-order valence-electron chi connectivity index (χ1n) is 7.97. The molecule has 6 nitrogen and oxygen atoms in total. The predicted octanol–water partition coefficient (Wildman–Crippen LogP) is 2.29.